The third-order valence-corrected chi connectivity index (χ3v) is 5.25. The van der Waals surface area contributed by atoms with Crippen LogP contribution in [0.2, 0.25) is 0 Å². The van der Waals surface area contributed by atoms with E-state index in [1.807, 2.05) is 35.2 Å². The van der Waals surface area contributed by atoms with Gasteiger partial charge in [0.25, 0.3) is 0 Å². The van der Waals surface area contributed by atoms with E-state index >= 15 is 0 Å². The van der Waals surface area contributed by atoms with E-state index in [9.17, 15) is 9.59 Å². The van der Waals surface area contributed by atoms with Gasteiger partial charge in [0.1, 0.15) is 0 Å². The molecule has 0 bridgehead atoms. The lowest BCUT2D eigenvalue weighted by Gasteiger charge is -2.33. The Kier molecular flexibility index (Phi) is 5.15. The number of nitrogens with one attached hydrogen (secondary N) is 2. The third kappa shape index (κ3) is 3.76. The summed E-state index contributed by atoms with van der Waals surface area (Å²) in [4.78, 5) is 27.5. The van der Waals surface area contributed by atoms with Gasteiger partial charge in [-0.3, -0.25) is 4.79 Å². The standard InChI is InChI=1S/C18H21N3O2S/c1-13-15-9-12-24-16(15)8-11-21(13)17(22)7-10-19-18(23)20-14-5-3-2-4-6-14/h2-6,9,12-13H,7-8,10-11H2,1H3,(H2,19,20,23). The molecule has 0 saturated carbocycles. The second-order valence-electron chi connectivity index (χ2n) is 5.81. The fourth-order valence-corrected chi connectivity index (χ4v) is 3.94. The van der Waals surface area contributed by atoms with Crippen molar-refractivity contribution in [3.8, 4) is 0 Å². The number of carbonyl (C=O) groups excluding carboxylic acids is 2. The van der Waals surface area contributed by atoms with Crippen molar-refractivity contribution in [2.24, 2.45) is 0 Å². The Morgan fingerprint density at radius 3 is 2.83 bits per heavy atom. The molecule has 1 unspecified atom stereocenters. The Balaban J connectivity index is 1.45. The van der Waals surface area contributed by atoms with Crippen molar-refractivity contribution < 1.29 is 9.59 Å². The third-order valence-electron chi connectivity index (χ3n) is 4.25. The first-order chi connectivity index (χ1) is 11.6. The molecule has 1 aliphatic heterocycles. The van der Waals surface area contributed by atoms with E-state index in [1.54, 1.807) is 11.3 Å². The number of urea groups is 1. The second-order valence-corrected chi connectivity index (χ2v) is 6.81. The lowest BCUT2D eigenvalue weighted by atomic mass is 10.0. The zero-order chi connectivity index (χ0) is 16.9. The molecular weight excluding hydrogens is 322 g/mol. The molecule has 24 heavy (non-hydrogen) atoms. The average Bonchev–Trinajstić information content (AvgIpc) is 3.05. The number of benzene rings is 1. The molecule has 1 atom stereocenters. The van der Waals surface area contributed by atoms with Crippen LogP contribution in [0.5, 0.6) is 0 Å². The van der Waals surface area contributed by atoms with Crippen LogP contribution in [-0.2, 0) is 11.2 Å². The lowest BCUT2D eigenvalue weighted by molar-refractivity contribution is -0.133. The maximum Gasteiger partial charge on any atom is 0.319 e. The highest BCUT2D eigenvalue weighted by Gasteiger charge is 2.27. The van der Waals surface area contributed by atoms with Gasteiger partial charge >= 0.3 is 6.03 Å². The van der Waals surface area contributed by atoms with Gasteiger partial charge in [-0.2, -0.15) is 0 Å². The van der Waals surface area contributed by atoms with E-state index in [0.29, 0.717) is 13.0 Å². The van der Waals surface area contributed by atoms with Crippen LogP contribution in [0.3, 0.4) is 0 Å². The minimum atomic E-state index is -0.291. The molecule has 126 valence electrons. The highest BCUT2D eigenvalue weighted by Crippen LogP contribution is 2.32. The van der Waals surface area contributed by atoms with E-state index < -0.39 is 0 Å². The average molecular weight is 343 g/mol. The smallest absolute Gasteiger partial charge is 0.319 e. The van der Waals surface area contributed by atoms with Crippen molar-refractivity contribution in [1.29, 1.82) is 0 Å². The Labute approximate surface area is 145 Å². The van der Waals surface area contributed by atoms with Crippen molar-refractivity contribution in [2.75, 3.05) is 18.4 Å². The molecular formula is C18H21N3O2S. The minimum Gasteiger partial charge on any atom is -0.337 e. The van der Waals surface area contributed by atoms with Gasteiger partial charge in [0.2, 0.25) is 5.91 Å². The van der Waals surface area contributed by atoms with Gasteiger partial charge in [0.05, 0.1) is 6.04 Å². The fourth-order valence-electron chi connectivity index (χ4n) is 2.97. The Bertz CT molecular complexity index is 714. The van der Waals surface area contributed by atoms with Gasteiger partial charge in [0.15, 0.2) is 0 Å². The van der Waals surface area contributed by atoms with Crippen LogP contribution in [0.25, 0.3) is 0 Å². The minimum absolute atomic E-state index is 0.0827. The van der Waals surface area contributed by atoms with Gasteiger partial charge in [-0.1, -0.05) is 18.2 Å². The molecule has 0 aliphatic carbocycles. The van der Waals surface area contributed by atoms with Crippen molar-refractivity contribution in [2.45, 2.75) is 25.8 Å². The molecule has 3 amide bonds. The van der Waals surface area contributed by atoms with Crippen molar-refractivity contribution >= 4 is 29.0 Å². The van der Waals surface area contributed by atoms with Crippen LogP contribution in [0.4, 0.5) is 10.5 Å². The number of hydrogen-bond acceptors (Lipinski definition) is 3. The van der Waals surface area contributed by atoms with Crippen molar-refractivity contribution in [3.05, 3.63) is 52.2 Å². The van der Waals surface area contributed by atoms with Crippen LogP contribution in [0.15, 0.2) is 41.8 Å². The van der Waals surface area contributed by atoms with Gasteiger partial charge in [-0.15, -0.1) is 11.3 Å². The summed E-state index contributed by atoms with van der Waals surface area (Å²) in [5.74, 6) is 0.0827. The predicted octanol–water partition coefficient (Wildman–Crippen LogP) is 3.41. The first-order valence-corrected chi connectivity index (χ1v) is 8.99. The molecule has 1 aromatic heterocycles. The molecule has 1 aromatic carbocycles. The second kappa shape index (κ2) is 7.49. The molecule has 1 aliphatic rings. The summed E-state index contributed by atoms with van der Waals surface area (Å²) in [6.07, 6.45) is 1.23. The number of nitrogens with zero attached hydrogens (tertiary/aromatic N) is 1. The fraction of sp³-hybridized carbons (Fsp3) is 0.333. The highest BCUT2D eigenvalue weighted by molar-refractivity contribution is 7.10. The van der Waals surface area contributed by atoms with Gasteiger partial charge in [-0.05, 0) is 42.5 Å². The predicted molar refractivity (Wildman–Crippen MR) is 96.2 cm³/mol. The van der Waals surface area contributed by atoms with Crippen molar-refractivity contribution in [3.63, 3.8) is 0 Å². The first kappa shape index (κ1) is 16.5. The van der Waals surface area contributed by atoms with E-state index in [0.717, 1.165) is 18.7 Å². The molecule has 5 nitrogen and oxygen atoms in total. The van der Waals surface area contributed by atoms with Crippen LogP contribution < -0.4 is 10.6 Å². The Morgan fingerprint density at radius 2 is 2.04 bits per heavy atom. The number of para-hydroxylation sites is 1. The molecule has 3 rings (SSSR count). The van der Waals surface area contributed by atoms with Crippen LogP contribution in [0.1, 0.15) is 29.8 Å². The zero-order valence-corrected chi connectivity index (χ0v) is 14.4. The molecule has 0 fully saturated rings. The largest absolute Gasteiger partial charge is 0.337 e. The monoisotopic (exact) mass is 343 g/mol. The summed E-state index contributed by atoms with van der Waals surface area (Å²) in [5, 5.41) is 7.56. The highest BCUT2D eigenvalue weighted by atomic mass is 32.1. The summed E-state index contributed by atoms with van der Waals surface area (Å²) in [5.41, 5.74) is 1.99. The zero-order valence-electron chi connectivity index (χ0n) is 13.6. The Morgan fingerprint density at radius 1 is 1.25 bits per heavy atom. The molecule has 0 spiro atoms. The number of rotatable bonds is 4. The van der Waals surface area contributed by atoms with E-state index in [-0.39, 0.29) is 18.0 Å². The van der Waals surface area contributed by atoms with Gasteiger partial charge in [0, 0.05) is 30.1 Å². The molecule has 6 heteroatoms. The topological polar surface area (TPSA) is 61.4 Å². The van der Waals surface area contributed by atoms with Crippen LogP contribution in [-0.4, -0.2) is 29.9 Å². The molecule has 2 aromatic rings. The van der Waals surface area contributed by atoms with Crippen molar-refractivity contribution in [1.82, 2.24) is 10.2 Å². The van der Waals surface area contributed by atoms with E-state index in [4.69, 9.17) is 0 Å². The molecule has 0 radical (unpaired) electrons. The number of anilines is 1. The maximum absolute atomic E-state index is 12.4. The molecule has 2 N–H and O–H groups in total. The van der Waals surface area contributed by atoms with E-state index in [2.05, 4.69) is 29.0 Å². The lowest BCUT2D eigenvalue weighted by Crippen LogP contribution is -2.40. The van der Waals surface area contributed by atoms with Crippen LogP contribution >= 0.6 is 11.3 Å². The van der Waals surface area contributed by atoms with Gasteiger partial charge < -0.3 is 15.5 Å². The number of amides is 3. The summed E-state index contributed by atoms with van der Waals surface area (Å²) in [6, 6.07) is 11.2. The summed E-state index contributed by atoms with van der Waals surface area (Å²) in [6.45, 7) is 3.15. The van der Waals surface area contributed by atoms with Crippen LogP contribution in [0, 0.1) is 0 Å². The maximum atomic E-state index is 12.4. The summed E-state index contributed by atoms with van der Waals surface area (Å²) >= 11 is 1.76. The first-order valence-electron chi connectivity index (χ1n) is 8.11. The number of hydrogen-bond donors (Lipinski definition) is 2. The normalized spacial score (nSPS) is 16.4. The van der Waals surface area contributed by atoms with Gasteiger partial charge in [-0.25, -0.2) is 4.79 Å². The SMILES string of the molecule is CC1c2ccsc2CCN1C(=O)CCNC(=O)Nc1ccccc1. The number of fused-ring (bicyclic) bond motifs is 1. The number of thiophene rings is 1. The molecule has 2 heterocycles. The van der Waals surface area contributed by atoms with E-state index in [1.165, 1.54) is 10.4 Å². The molecule has 0 saturated heterocycles. The summed E-state index contributed by atoms with van der Waals surface area (Å²) < 4.78 is 0. The summed E-state index contributed by atoms with van der Waals surface area (Å²) in [7, 11) is 0. The quantitative estimate of drug-likeness (QED) is 0.894. The number of carbonyl (C=O) groups is 2. The Hall–Kier alpha value is -2.34.